The standard InChI is InChI=1S/C18H19N2O.3C4H9.Sn/c1-14-17(16-11-7-4-8-12-16)20(18(21)19(14)2)13-15-9-5-3-6-10-15;3*1-3-4-2;/h3-14,17H,1-2H3;3*1,3-4H2,2H3;/t14-,17-;;;;/m0..../s1. The molecule has 3 rings (SSSR count). The average Bonchev–Trinajstić information content (AvgIpc) is 3.09. The summed E-state index contributed by atoms with van der Waals surface area (Å²) >= 11 is -2.90. The van der Waals surface area contributed by atoms with Crippen LogP contribution in [0.25, 0.3) is 0 Å². The zero-order chi connectivity index (χ0) is 24.6. The zero-order valence-electron chi connectivity index (χ0n) is 22.2. The molecule has 3 nitrogen and oxygen atoms in total. The van der Waals surface area contributed by atoms with Gasteiger partial charge in [0, 0.05) is 0 Å². The van der Waals surface area contributed by atoms with E-state index in [1.54, 1.807) is 0 Å². The summed E-state index contributed by atoms with van der Waals surface area (Å²) in [6, 6.07) is 22.4. The monoisotopic (exact) mass is 570 g/mol. The molecule has 2 aromatic rings. The summed E-state index contributed by atoms with van der Waals surface area (Å²) in [5, 5.41) is 0. The van der Waals surface area contributed by atoms with Crippen molar-refractivity contribution >= 4 is 24.4 Å². The van der Waals surface area contributed by atoms with Crippen molar-refractivity contribution in [2.24, 2.45) is 0 Å². The molecular formula is C30H46N2OSn. The third-order valence-electron chi connectivity index (χ3n) is 8.09. The maximum absolute atomic E-state index is 14.1. The van der Waals surface area contributed by atoms with E-state index in [9.17, 15) is 4.79 Å². The number of unbranched alkanes of at least 4 members (excludes halogenated alkanes) is 3. The number of nitrogens with zero attached hydrogens (tertiary/aromatic N) is 2. The number of urea groups is 1. The van der Waals surface area contributed by atoms with Crippen LogP contribution < -0.4 is 0 Å². The zero-order valence-corrected chi connectivity index (χ0v) is 25.0. The van der Waals surface area contributed by atoms with Crippen LogP contribution in [0.3, 0.4) is 0 Å². The molecule has 34 heavy (non-hydrogen) atoms. The molecule has 0 unspecified atom stereocenters. The van der Waals surface area contributed by atoms with E-state index in [1.165, 1.54) is 63.0 Å². The van der Waals surface area contributed by atoms with Crippen LogP contribution in [0.5, 0.6) is 0 Å². The molecule has 1 heterocycles. The normalized spacial score (nSPS) is 19.6. The van der Waals surface area contributed by atoms with Crippen LogP contribution in [0.2, 0.25) is 13.3 Å². The molecule has 1 aliphatic rings. The Kier molecular flexibility index (Phi) is 10.4. The topological polar surface area (TPSA) is 23.6 Å². The van der Waals surface area contributed by atoms with Crippen molar-refractivity contribution < 1.29 is 4.79 Å². The maximum atomic E-state index is 14.1. The summed E-state index contributed by atoms with van der Waals surface area (Å²) in [5.41, 5.74) is 2.66. The van der Waals surface area contributed by atoms with Gasteiger partial charge >= 0.3 is 214 Å². The third kappa shape index (κ3) is 5.83. The van der Waals surface area contributed by atoms with E-state index in [4.69, 9.17) is 0 Å². The summed E-state index contributed by atoms with van der Waals surface area (Å²) in [6.07, 6.45) is 7.63. The van der Waals surface area contributed by atoms with Crippen molar-refractivity contribution in [1.29, 1.82) is 0 Å². The van der Waals surface area contributed by atoms with Crippen LogP contribution in [0.15, 0.2) is 60.7 Å². The second-order valence-electron chi connectivity index (χ2n) is 10.4. The Labute approximate surface area is 212 Å². The average molecular weight is 569 g/mol. The molecule has 0 N–H and O–H groups in total. The molecule has 0 saturated carbocycles. The number of rotatable bonds is 13. The molecule has 0 spiro atoms. The fourth-order valence-electron chi connectivity index (χ4n) is 6.10. The molecule has 0 bridgehead atoms. The molecule has 1 aliphatic heterocycles. The summed E-state index contributed by atoms with van der Waals surface area (Å²) < 4.78 is 4.43. The Bertz CT molecular complexity index is 850. The Morgan fingerprint density at radius 1 is 0.794 bits per heavy atom. The Morgan fingerprint density at radius 2 is 1.26 bits per heavy atom. The van der Waals surface area contributed by atoms with Gasteiger partial charge in [0.1, 0.15) is 0 Å². The molecule has 1 saturated heterocycles. The van der Waals surface area contributed by atoms with Crippen LogP contribution in [-0.2, 0) is 0 Å². The van der Waals surface area contributed by atoms with Crippen LogP contribution in [-0.4, -0.2) is 47.3 Å². The van der Waals surface area contributed by atoms with Gasteiger partial charge in [-0.3, -0.25) is 0 Å². The molecular weight excluding hydrogens is 523 g/mol. The second kappa shape index (κ2) is 13.0. The molecule has 2 aromatic carbocycles. The van der Waals surface area contributed by atoms with Gasteiger partial charge in [0.2, 0.25) is 0 Å². The minimum atomic E-state index is -2.90. The molecule has 1 fully saturated rings. The first-order valence-corrected chi connectivity index (χ1v) is 21.4. The van der Waals surface area contributed by atoms with Gasteiger partial charge < -0.3 is 0 Å². The second-order valence-corrected chi connectivity index (χ2v) is 24.0. The number of likely N-dealkylation sites (N-methyl/N-ethyl adjacent to an activating group) is 1. The fraction of sp³-hybridized carbons (Fsp3) is 0.567. The van der Waals surface area contributed by atoms with Gasteiger partial charge in [-0.2, -0.15) is 0 Å². The molecule has 0 aromatic heterocycles. The summed E-state index contributed by atoms with van der Waals surface area (Å²) in [6.45, 7) is 9.23. The van der Waals surface area contributed by atoms with Crippen molar-refractivity contribution in [3.8, 4) is 0 Å². The first kappa shape index (κ1) is 27.1. The van der Waals surface area contributed by atoms with E-state index >= 15 is 0 Å². The molecule has 2 amide bonds. The van der Waals surface area contributed by atoms with Gasteiger partial charge in [-0.25, -0.2) is 0 Å². The number of hydrogen-bond donors (Lipinski definition) is 0. The van der Waals surface area contributed by atoms with Gasteiger partial charge in [-0.1, -0.05) is 0 Å². The molecule has 0 aliphatic carbocycles. The molecule has 186 valence electrons. The third-order valence-corrected chi connectivity index (χ3v) is 24.7. The van der Waals surface area contributed by atoms with Gasteiger partial charge in [-0.05, 0) is 0 Å². The number of amides is 2. The van der Waals surface area contributed by atoms with E-state index in [-0.39, 0.29) is 22.2 Å². The van der Waals surface area contributed by atoms with Crippen molar-refractivity contribution in [1.82, 2.24) is 9.80 Å². The van der Waals surface area contributed by atoms with Crippen LogP contribution in [0.4, 0.5) is 4.79 Å². The first-order chi connectivity index (χ1) is 16.5. The summed E-state index contributed by atoms with van der Waals surface area (Å²) in [5.74, 6) is 0. The number of hydrogen-bond acceptors (Lipinski definition) is 1. The van der Waals surface area contributed by atoms with Gasteiger partial charge in [0.25, 0.3) is 0 Å². The van der Waals surface area contributed by atoms with E-state index in [0.717, 1.165) is 0 Å². The van der Waals surface area contributed by atoms with Crippen molar-refractivity contribution in [3.63, 3.8) is 0 Å². The van der Waals surface area contributed by atoms with Gasteiger partial charge in [0.15, 0.2) is 0 Å². The van der Waals surface area contributed by atoms with Gasteiger partial charge in [-0.15, -0.1) is 0 Å². The summed E-state index contributed by atoms with van der Waals surface area (Å²) in [7, 11) is 2.01. The Balaban J connectivity index is 2.22. The summed E-state index contributed by atoms with van der Waals surface area (Å²) in [4.78, 5) is 18.5. The predicted molar refractivity (Wildman–Crippen MR) is 148 cm³/mol. The first-order valence-electron chi connectivity index (χ1n) is 13.7. The molecule has 3 atom stereocenters. The fourth-order valence-corrected chi connectivity index (χ4v) is 24.7. The number of carbonyl (C=O) groups is 1. The van der Waals surface area contributed by atoms with E-state index in [2.05, 4.69) is 93.3 Å². The SMILES string of the molecule is CCC[CH2][Sn]([CH2]CCC)([CH2]CCC)[C@H](c1ccccc1)N1C(=O)N(C)[C@@H](C)[C@H]1c1ccccc1. The minimum absolute atomic E-state index is 0.102. The van der Waals surface area contributed by atoms with Crippen LogP contribution in [0.1, 0.15) is 87.4 Å². The number of benzene rings is 2. The van der Waals surface area contributed by atoms with Gasteiger partial charge in [0.05, 0.1) is 0 Å². The van der Waals surface area contributed by atoms with Crippen molar-refractivity contribution in [2.75, 3.05) is 7.05 Å². The van der Waals surface area contributed by atoms with E-state index in [1.807, 2.05) is 11.9 Å². The molecule has 4 heteroatoms. The Hall–Kier alpha value is -1.49. The van der Waals surface area contributed by atoms with E-state index < -0.39 is 18.4 Å². The predicted octanol–water partition coefficient (Wildman–Crippen LogP) is 8.61. The quantitative estimate of drug-likeness (QED) is 0.222. The van der Waals surface area contributed by atoms with Crippen LogP contribution in [0, 0.1) is 0 Å². The van der Waals surface area contributed by atoms with Crippen molar-refractivity contribution in [2.45, 2.75) is 95.7 Å². The number of carbonyl (C=O) groups excluding carboxylic acids is 1. The Morgan fingerprint density at radius 3 is 1.74 bits per heavy atom. The molecule has 0 radical (unpaired) electrons. The van der Waals surface area contributed by atoms with Crippen LogP contribution >= 0.6 is 0 Å². The van der Waals surface area contributed by atoms with E-state index in [0.29, 0.717) is 0 Å². The van der Waals surface area contributed by atoms with Crippen molar-refractivity contribution in [3.05, 3.63) is 71.8 Å².